The molecule has 8 nitrogen and oxygen atoms in total. The fourth-order valence-corrected chi connectivity index (χ4v) is 2.72. The van der Waals surface area contributed by atoms with Crippen LogP contribution in [0.25, 0.3) is 0 Å². The number of carboxylic acids is 1. The summed E-state index contributed by atoms with van der Waals surface area (Å²) in [5.74, 6) is -1.31. The van der Waals surface area contributed by atoms with E-state index in [1.165, 1.54) is 0 Å². The van der Waals surface area contributed by atoms with Crippen LogP contribution >= 0.6 is 0 Å². The van der Waals surface area contributed by atoms with Gasteiger partial charge in [-0.1, -0.05) is 6.42 Å². The molecule has 0 aromatic heterocycles. The van der Waals surface area contributed by atoms with Gasteiger partial charge in [0.05, 0.1) is 24.4 Å². The lowest BCUT2D eigenvalue weighted by molar-refractivity contribution is -0.139. The molecule has 1 rings (SSSR count). The van der Waals surface area contributed by atoms with Crippen LogP contribution in [-0.2, 0) is 14.2 Å². The Morgan fingerprint density at radius 3 is 2.57 bits per heavy atom. The van der Waals surface area contributed by atoms with Crippen LogP contribution < -0.4 is 11.5 Å². The first-order valence-electron chi connectivity index (χ1n) is 7.96. The minimum Gasteiger partial charge on any atom is -0.481 e. The van der Waals surface area contributed by atoms with Crippen LogP contribution in [0.4, 0.5) is 0 Å². The number of hydrogen-bond acceptors (Lipinski definition) is 6. The molecule has 1 saturated heterocycles. The van der Waals surface area contributed by atoms with E-state index in [9.17, 15) is 14.6 Å². The van der Waals surface area contributed by atoms with Crippen molar-refractivity contribution in [1.82, 2.24) is 0 Å². The first kappa shape index (κ1) is 19.6. The second-order valence-electron chi connectivity index (χ2n) is 6.13. The van der Waals surface area contributed by atoms with Crippen molar-refractivity contribution in [3.05, 3.63) is 0 Å². The topological polar surface area (TPSA) is 160 Å². The lowest BCUT2D eigenvalue weighted by atomic mass is 9.64. The Hall–Kier alpha value is -1.45. The Balaban J connectivity index is 2.30. The van der Waals surface area contributed by atoms with Gasteiger partial charge in [0, 0.05) is 18.7 Å². The van der Waals surface area contributed by atoms with E-state index < -0.39 is 25.2 Å². The zero-order valence-corrected chi connectivity index (χ0v) is 13.2. The van der Waals surface area contributed by atoms with Crippen LogP contribution in [-0.4, -0.2) is 47.0 Å². The van der Waals surface area contributed by atoms with Gasteiger partial charge in [0.1, 0.15) is 5.78 Å². The minimum absolute atomic E-state index is 0.128. The van der Waals surface area contributed by atoms with Gasteiger partial charge in [-0.3, -0.25) is 15.0 Å². The molecule has 0 spiro atoms. The number of amidine groups is 1. The summed E-state index contributed by atoms with van der Waals surface area (Å²) in [6, 6.07) is -0.592. The number of ketones is 1. The Labute approximate surface area is 136 Å². The Morgan fingerprint density at radius 1 is 1.30 bits per heavy atom. The molecule has 23 heavy (non-hydrogen) atoms. The predicted octanol–water partition coefficient (Wildman–Crippen LogP) is 0.274. The highest BCUT2D eigenvalue weighted by molar-refractivity contribution is 6.45. The number of carboxylic acid groups (broad SMARTS) is 1. The average molecular weight is 327 g/mol. The van der Waals surface area contributed by atoms with Crippen molar-refractivity contribution in [2.45, 2.75) is 69.3 Å². The van der Waals surface area contributed by atoms with Gasteiger partial charge >= 0.3 is 13.1 Å². The van der Waals surface area contributed by atoms with E-state index in [1.54, 1.807) is 0 Å². The summed E-state index contributed by atoms with van der Waals surface area (Å²) in [5.41, 5.74) is 11.1. The first-order valence-corrected chi connectivity index (χ1v) is 7.96. The molecular formula is C14H26BN3O5. The maximum atomic E-state index is 12.1. The molecule has 0 unspecified atom stereocenters. The maximum Gasteiger partial charge on any atom is 0.458 e. The Bertz CT molecular complexity index is 435. The summed E-state index contributed by atoms with van der Waals surface area (Å²) in [6.07, 6.45) is 3.01. The number of aliphatic carboxylic acids is 1. The summed E-state index contributed by atoms with van der Waals surface area (Å²) < 4.78 is 5.26. The molecule has 9 heteroatoms. The van der Waals surface area contributed by atoms with Gasteiger partial charge in [-0.15, -0.1) is 0 Å². The average Bonchev–Trinajstić information content (AvgIpc) is 2.45. The van der Waals surface area contributed by atoms with Gasteiger partial charge in [-0.2, -0.15) is 0 Å². The Morgan fingerprint density at radius 2 is 2.00 bits per heavy atom. The zero-order valence-electron chi connectivity index (χ0n) is 13.2. The van der Waals surface area contributed by atoms with E-state index in [1.807, 2.05) is 0 Å². The standard InChI is InChI=1S/C14H26BN3O5/c16-11(3-1-2-4-13(17)18)12(19)7-9-5-6-10(8-14(20)21)23-15(9)22/h9-11,22H,1-8,16H2,(H3,17,18)(H,20,21)/t9-,10+,11-/m1/s1. The van der Waals surface area contributed by atoms with Crippen molar-refractivity contribution in [3.8, 4) is 0 Å². The minimum atomic E-state index is -1.12. The molecule has 0 saturated carbocycles. The third-order valence-corrected chi connectivity index (χ3v) is 4.09. The first-order chi connectivity index (χ1) is 10.8. The van der Waals surface area contributed by atoms with Crippen molar-refractivity contribution < 1.29 is 24.4 Å². The van der Waals surface area contributed by atoms with Crippen LogP contribution in [0.2, 0.25) is 5.82 Å². The van der Waals surface area contributed by atoms with Crippen molar-refractivity contribution in [3.63, 3.8) is 0 Å². The fraction of sp³-hybridized carbons (Fsp3) is 0.786. The molecule has 1 aliphatic rings. The summed E-state index contributed by atoms with van der Waals surface area (Å²) in [4.78, 5) is 22.7. The number of rotatable bonds is 10. The molecule has 1 fully saturated rings. The molecule has 1 heterocycles. The summed E-state index contributed by atoms with van der Waals surface area (Å²) >= 11 is 0. The normalized spacial score (nSPS) is 22.6. The molecule has 0 aromatic carbocycles. The zero-order chi connectivity index (χ0) is 17.4. The van der Waals surface area contributed by atoms with Crippen LogP contribution in [0, 0.1) is 5.41 Å². The van der Waals surface area contributed by atoms with Crippen LogP contribution in [0.15, 0.2) is 0 Å². The summed E-state index contributed by atoms with van der Waals surface area (Å²) in [7, 11) is -1.12. The third kappa shape index (κ3) is 7.58. The highest BCUT2D eigenvalue weighted by Crippen LogP contribution is 2.31. The van der Waals surface area contributed by atoms with E-state index in [4.69, 9.17) is 26.6 Å². The summed E-state index contributed by atoms with van der Waals surface area (Å²) in [5, 5.41) is 25.7. The molecule has 130 valence electrons. The summed E-state index contributed by atoms with van der Waals surface area (Å²) in [6.45, 7) is 0. The van der Waals surface area contributed by atoms with E-state index in [0.717, 1.165) is 12.8 Å². The number of carbonyl (C=O) groups is 2. The lowest BCUT2D eigenvalue weighted by Crippen LogP contribution is -2.40. The number of hydrogen-bond donors (Lipinski definition) is 5. The predicted molar refractivity (Wildman–Crippen MR) is 86.1 cm³/mol. The number of carbonyl (C=O) groups excluding carboxylic acids is 1. The quantitative estimate of drug-likeness (QED) is 0.167. The highest BCUT2D eigenvalue weighted by atomic mass is 16.5. The van der Waals surface area contributed by atoms with Crippen LogP contribution in [0.5, 0.6) is 0 Å². The van der Waals surface area contributed by atoms with E-state index >= 15 is 0 Å². The van der Waals surface area contributed by atoms with Crippen molar-refractivity contribution in [2.75, 3.05) is 0 Å². The monoisotopic (exact) mass is 327 g/mol. The second kappa shape index (κ2) is 9.64. The molecule has 0 aromatic rings. The lowest BCUT2D eigenvalue weighted by Gasteiger charge is -2.30. The van der Waals surface area contributed by atoms with Crippen molar-refractivity contribution in [1.29, 1.82) is 5.41 Å². The molecule has 0 amide bonds. The SMILES string of the molecule is N=C(N)CCCC[C@@H](N)C(=O)C[C@H]1CC[C@@H](CC(=O)O)OB1O. The molecule has 7 N–H and O–H groups in total. The molecule has 0 radical (unpaired) electrons. The molecule has 1 aliphatic heterocycles. The fourth-order valence-electron chi connectivity index (χ4n) is 2.72. The molecule has 0 bridgehead atoms. The molecule has 0 aliphatic carbocycles. The van der Waals surface area contributed by atoms with Gasteiger partial charge in [-0.05, 0) is 25.7 Å². The van der Waals surface area contributed by atoms with Gasteiger partial charge in [0.2, 0.25) is 0 Å². The highest BCUT2D eigenvalue weighted by Gasteiger charge is 2.37. The van der Waals surface area contributed by atoms with Gasteiger partial charge < -0.3 is 26.3 Å². The van der Waals surface area contributed by atoms with Crippen LogP contribution in [0.1, 0.15) is 51.4 Å². The molecule has 3 atom stereocenters. The number of unbranched alkanes of at least 4 members (excludes halogenated alkanes) is 1. The van der Waals surface area contributed by atoms with Crippen LogP contribution in [0.3, 0.4) is 0 Å². The third-order valence-electron chi connectivity index (χ3n) is 4.09. The van der Waals surface area contributed by atoms with E-state index in [0.29, 0.717) is 25.7 Å². The van der Waals surface area contributed by atoms with E-state index in [-0.39, 0.29) is 30.3 Å². The van der Waals surface area contributed by atoms with Crippen molar-refractivity contribution in [2.24, 2.45) is 11.5 Å². The van der Waals surface area contributed by atoms with Gasteiger partial charge in [0.25, 0.3) is 0 Å². The second-order valence-corrected chi connectivity index (χ2v) is 6.13. The largest absolute Gasteiger partial charge is 0.481 e. The van der Waals surface area contributed by atoms with E-state index in [2.05, 4.69) is 0 Å². The number of nitrogens with two attached hydrogens (primary N) is 2. The number of Topliss-reactive ketones (excluding diaryl/α,β-unsaturated/α-hetero) is 1. The number of nitrogens with one attached hydrogen (secondary N) is 1. The van der Waals surface area contributed by atoms with Gasteiger partial charge in [0.15, 0.2) is 0 Å². The van der Waals surface area contributed by atoms with Gasteiger partial charge in [-0.25, -0.2) is 0 Å². The van der Waals surface area contributed by atoms with Crippen molar-refractivity contribution >= 4 is 24.7 Å². The maximum absolute atomic E-state index is 12.1. The Kier molecular flexibility index (Phi) is 8.22. The smallest absolute Gasteiger partial charge is 0.458 e. The molecular weight excluding hydrogens is 301 g/mol.